The molecule has 80 valence electrons. The normalized spacial score (nSPS) is 10.8. The number of nitrogens with one attached hydrogen (secondary N) is 1. The predicted molar refractivity (Wildman–Crippen MR) is 65.5 cm³/mol. The average Bonchev–Trinajstić information content (AvgIpc) is 2.61. The summed E-state index contributed by atoms with van der Waals surface area (Å²) in [5, 5.41) is 4.24. The fraction of sp³-hybridized carbons (Fsp3) is 0.333. The number of rotatable bonds is 4. The molecule has 15 heavy (non-hydrogen) atoms. The highest BCUT2D eigenvalue weighted by Gasteiger charge is 2.06. The third-order valence-electron chi connectivity index (χ3n) is 1.88. The van der Waals surface area contributed by atoms with Gasteiger partial charge in [0.15, 0.2) is 0 Å². The topological polar surface area (TPSA) is 47.0 Å². The van der Waals surface area contributed by atoms with Crippen LogP contribution < -0.4 is 5.32 Å². The molecule has 0 aromatic carbocycles. The number of pyridine rings is 1. The van der Waals surface area contributed by atoms with E-state index in [0.717, 1.165) is 27.1 Å². The van der Waals surface area contributed by atoms with E-state index in [1.165, 1.54) is 11.5 Å². The lowest BCUT2D eigenvalue weighted by Gasteiger charge is -2.01. The number of ether oxygens (including phenoxy) is 1. The minimum absolute atomic E-state index is 0.677. The van der Waals surface area contributed by atoms with Crippen molar-refractivity contribution in [1.82, 2.24) is 9.36 Å². The van der Waals surface area contributed by atoms with E-state index in [9.17, 15) is 0 Å². The monoisotopic (exact) mass is 287 g/mol. The van der Waals surface area contributed by atoms with Crippen molar-refractivity contribution in [3.8, 4) is 0 Å². The first-order valence-corrected chi connectivity index (χ1v) is 6.01. The number of hydrogen-bond donors (Lipinski definition) is 1. The van der Waals surface area contributed by atoms with E-state index in [1.807, 2.05) is 6.07 Å². The van der Waals surface area contributed by atoms with Gasteiger partial charge in [0.2, 0.25) is 0 Å². The third kappa shape index (κ3) is 2.45. The van der Waals surface area contributed by atoms with Gasteiger partial charge in [0.25, 0.3) is 0 Å². The molecule has 0 amide bonds. The van der Waals surface area contributed by atoms with Crippen LogP contribution in [0.4, 0.5) is 5.00 Å². The first-order chi connectivity index (χ1) is 7.31. The van der Waals surface area contributed by atoms with Gasteiger partial charge >= 0.3 is 0 Å². The van der Waals surface area contributed by atoms with Crippen LogP contribution in [0.2, 0.25) is 0 Å². The molecule has 1 N–H and O–H groups in total. The van der Waals surface area contributed by atoms with E-state index in [2.05, 4.69) is 30.6 Å². The lowest BCUT2D eigenvalue weighted by Crippen LogP contribution is -2.06. The Morgan fingerprint density at radius 1 is 1.60 bits per heavy atom. The standard InChI is InChI=1S/C9H10BrN3OS/c1-14-3-2-11-9-8-7(13-15-9)4-6(10)5-12-8/h4-5,11H,2-3H2,1H3. The highest BCUT2D eigenvalue weighted by atomic mass is 79.9. The summed E-state index contributed by atoms with van der Waals surface area (Å²) in [6.07, 6.45) is 1.78. The fourth-order valence-electron chi connectivity index (χ4n) is 1.19. The minimum atomic E-state index is 0.677. The molecule has 2 aromatic rings. The van der Waals surface area contributed by atoms with Crippen molar-refractivity contribution in [1.29, 1.82) is 0 Å². The quantitative estimate of drug-likeness (QED) is 0.878. The number of methoxy groups -OCH3 is 1. The zero-order valence-corrected chi connectivity index (χ0v) is 10.6. The Labute approximate surface area is 100.0 Å². The molecule has 0 aliphatic rings. The summed E-state index contributed by atoms with van der Waals surface area (Å²) in [5.74, 6) is 0. The molecule has 0 aliphatic carbocycles. The van der Waals surface area contributed by atoms with E-state index in [4.69, 9.17) is 4.74 Å². The Morgan fingerprint density at radius 2 is 2.47 bits per heavy atom. The smallest absolute Gasteiger partial charge is 0.136 e. The van der Waals surface area contributed by atoms with Crippen molar-refractivity contribution in [3.63, 3.8) is 0 Å². The molecule has 0 spiro atoms. The molecule has 0 bridgehead atoms. The van der Waals surface area contributed by atoms with Crippen LogP contribution in [0, 0.1) is 0 Å². The largest absolute Gasteiger partial charge is 0.383 e. The first-order valence-electron chi connectivity index (χ1n) is 4.45. The van der Waals surface area contributed by atoms with E-state index >= 15 is 0 Å². The summed E-state index contributed by atoms with van der Waals surface area (Å²) < 4.78 is 10.2. The van der Waals surface area contributed by atoms with Crippen LogP contribution >= 0.6 is 27.5 Å². The third-order valence-corrected chi connectivity index (χ3v) is 3.12. The number of halogens is 1. The van der Waals surface area contributed by atoms with Crippen molar-refractivity contribution in [2.75, 3.05) is 25.6 Å². The van der Waals surface area contributed by atoms with Crippen molar-refractivity contribution in [3.05, 3.63) is 16.7 Å². The van der Waals surface area contributed by atoms with Crippen LogP contribution in [0.25, 0.3) is 11.0 Å². The van der Waals surface area contributed by atoms with Crippen molar-refractivity contribution >= 4 is 43.5 Å². The number of anilines is 1. The summed E-state index contributed by atoms with van der Waals surface area (Å²) in [6, 6.07) is 1.96. The van der Waals surface area contributed by atoms with Gasteiger partial charge < -0.3 is 10.1 Å². The van der Waals surface area contributed by atoms with Gasteiger partial charge in [0, 0.05) is 24.3 Å². The van der Waals surface area contributed by atoms with Crippen molar-refractivity contribution in [2.24, 2.45) is 0 Å². The summed E-state index contributed by atoms with van der Waals surface area (Å²) in [5.41, 5.74) is 1.83. The zero-order chi connectivity index (χ0) is 10.7. The number of hydrogen-bond acceptors (Lipinski definition) is 5. The second-order valence-electron chi connectivity index (χ2n) is 2.95. The second-order valence-corrected chi connectivity index (χ2v) is 4.64. The van der Waals surface area contributed by atoms with Gasteiger partial charge in [-0.1, -0.05) is 0 Å². The van der Waals surface area contributed by atoms with Crippen LogP contribution in [0.15, 0.2) is 16.7 Å². The van der Waals surface area contributed by atoms with Gasteiger partial charge in [-0.05, 0) is 33.5 Å². The number of fused-ring (bicyclic) bond motifs is 1. The van der Waals surface area contributed by atoms with Gasteiger partial charge in [-0.25, -0.2) is 0 Å². The van der Waals surface area contributed by atoms with Crippen molar-refractivity contribution < 1.29 is 4.74 Å². The summed E-state index contributed by atoms with van der Waals surface area (Å²) in [6.45, 7) is 1.45. The SMILES string of the molecule is COCCNc1snc2cc(Br)cnc12. The molecular formula is C9H10BrN3OS. The van der Waals surface area contributed by atoms with Crippen LogP contribution in [0.5, 0.6) is 0 Å². The molecule has 4 nitrogen and oxygen atoms in total. The van der Waals surface area contributed by atoms with Crippen LogP contribution in [0.3, 0.4) is 0 Å². The second kappa shape index (κ2) is 4.87. The number of nitrogens with zero attached hydrogens (tertiary/aromatic N) is 2. The number of aromatic nitrogens is 2. The maximum absolute atomic E-state index is 4.97. The average molecular weight is 288 g/mol. The molecule has 0 fully saturated rings. The molecular weight excluding hydrogens is 278 g/mol. The lowest BCUT2D eigenvalue weighted by molar-refractivity contribution is 0.211. The maximum atomic E-state index is 4.97. The molecule has 2 heterocycles. The lowest BCUT2D eigenvalue weighted by atomic mass is 10.4. The Balaban J connectivity index is 2.21. The Hall–Kier alpha value is -0.720. The highest BCUT2D eigenvalue weighted by molar-refractivity contribution is 9.10. The minimum Gasteiger partial charge on any atom is -0.383 e. The molecule has 0 saturated heterocycles. The molecule has 2 aromatic heterocycles. The molecule has 2 rings (SSSR count). The molecule has 6 heteroatoms. The van der Waals surface area contributed by atoms with Gasteiger partial charge in [-0.3, -0.25) is 4.98 Å². The summed E-state index contributed by atoms with van der Waals surface area (Å²) >= 11 is 4.79. The van der Waals surface area contributed by atoms with Crippen LogP contribution in [0.1, 0.15) is 0 Å². The summed E-state index contributed by atoms with van der Waals surface area (Å²) in [7, 11) is 1.68. The van der Waals surface area contributed by atoms with Gasteiger partial charge in [-0.2, -0.15) is 4.37 Å². The Morgan fingerprint density at radius 3 is 3.27 bits per heavy atom. The molecule has 0 unspecified atom stereocenters. The molecule has 0 radical (unpaired) electrons. The maximum Gasteiger partial charge on any atom is 0.136 e. The van der Waals surface area contributed by atoms with Crippen LogP contribution in [-0.4, -0.2) is 29.6 Å². The Bertz CT molecular complexity index is 460. The summed E-state index contributed by atoms with van der Waals surface area (Å²) in [4.78, 5) is 4.32. The predicted octanol–water partition coefficient (Wildman–Crippen LogP) is 2.51. The van der Waals surface area contributed by atoms with Crippen molar-refractivity contribution in [2.45, 2.75) is 0 Å². The molecule has 0 aliphatic heterocycles. The van der Waals surface area contributed by atoms with Gasteiger partial charge in [-0.15, -0.1) is 0 Å². The Kier molecular flexibility index (Phi) is 3.50. The van der Waals surface area contributed by atoms with Crippen LogP contribution in [-0.2, 0) is 4.74 Å². The van der Waals surface area contributed by atoms with E-state index in [1.54, 1.807) is 13.3 Å². The van der Waals surface area contributed by atoms with E-state index in [0.29, 0.717) is 6.61 Å². The highest BCUT2D eigenvalue weighted by Crippen LogP contribution is 2.27. The van der Waals surface area contributed by atoms with Gasteiger partial charge in [0.1, 0.15) is 16.0 Å². The van der Waals surface area contributed by atoms with E-state index < -0.39 is 0 Å². The van der Waals surface area contributed by atoms with E-state index in [-0.39, 0.29) is 0 Å². The van der Waals surface area contributed by atoms with Gasteiger partial charge in [0.05, 0.1) is 6.61 Å². The molecule has 0 atom stereocenters. The first kappa shape index (κ1) is 10.8. The fourth-order valence-corrected chi connectivity index (χ4v) is 2.25. The zero-order valence-electron chi connectivity index (χ0n) is 8.16. The molecule has 0 saturated carbocycles.